The van der Waals surface area contributed by atoms with E-state index >= 15 is 0 Å². The van der Waals surface area contributed by atoms with Crippen molar-refractivity contribution in [2.24, 2.45) is 4.99 Å². The topological polar surface area (TPSA) is 58.1 Å². The highest BCUT2D eigenvalue weighted by atomic mass is 127. The number of hydrogen-bond acceptors (Lipinski definition) is 4. The molecule has 0 heterocycles. The molecule has 0 unspecified atom stereocenters. The van der Waals surface area contributed by atoms with Crippen molar-refractivity contribution in [2.45, 2.75) is 45.6 Å². The number of hydrogen-bond donors (Lipinski definition) is 2. The number of nitrogens with zero attached hydrogens (tertiary/aromatic N) is 2. The predicted molar refractivity (Wildman–Crippen MR) is 134 cm³/mol. The maximum atomic E-state index is 5.86. The van der Waals surface area contributed by atoms with Crippen LogP contribution in [0.2, 0.25) is 0 Å². The van der Waals surface area contributed by atoms with Crippen LogP contribution in [0.4, 0.5) is 0 Å². The standard InChI is InChI=1S/C22H40N4O2.HI/c1-19-11-12-20(21(17-19)28-16-15-27-5)18-25-22(23-2)24-13-9-7-6-8-10-14-26(3)4;/h11-12,17H,6-10,13-16,18H2,1-5H3,(H2,23,24,25);1H. The van der Waals surface area contributed by atoms with Crippen LogP contribution in [0.25, 0.3) is 0 Å². The van der Waals surface area contributed by atoms with E-state index in [0.29, 0.717) is 19.8 Å². The average Bonchev–Trinajstić information content (AvgIpc) is 2.67. The summed E-state index contributed by atoms with van der Waals surface area (Å²) in [6.07, 6.45) is 6.32. The minimum atomic E-state index is 0. The Morgan fingerprint density at radius 1 is 1.03 bits per heavy atom. The fourth-order valence-electron chi connectivity index (χ4n) is 2.87. The summed E-state index contributed by atoms with van der Waals surface area (Å²) < 4.78 is 10.9. The van der Waals surface area contributed by atoms with Gasteiger partial charge in [-0.3, -0.25) is 4.99 Å². The molecule has 0 aliphatic rings. The van der Waals surface area contributed by atoms with Gasteiger partial charge in [0.15, 0.2) is 5.96 Å². The summed E-state index contributed by atoms with van der Waals surface area (Å²) in [7, 11) is 7.75. The van der Waals surface area contributed by atoms with E-state index in [2.05, 4.69) is 59.7 Å². The van der Waals surface area contributed by atoms with Crippen LogP contribution < -0.4 is 15.4 Å². The molecule has 168 valence electrons. The van der Waals surface area contributed by atoms with Gasteiger partial charge < -0.3 is 25.0 Å². The zero-order valence-electron chi connectivity index (χ0n) is 18.9. The second-order valence-electron chi connectivity index (χ2n) is 7.38. The molecule has 0 radical (unpaired) electrons. The Bertz CT molecular complexity index is 568. The molecule has 29 heavy (non-hydrogen) atoms. The van der Waals surface area contributed by atoms with E-state index in [1.807, 2.05) is 7.05 Å². The van der Waals surface area contributed by atoms with Crippen molar-refractivity contribution in [3.05, 3.63) is 29.3 Å². The molecule has 1 aromatic carbocycles. The Morgan fingerprint density at radius 2 is 1.76 bits per heavy atom. The van der Waals surface area contributed by atoms with E-state index in [-0.39, 0.29) is 24.0 Å². The third-order valence-corrected chi connectivity index (χ3v) is 4.51. The number of ether oxygens (including phenoxy) is 2. The van der Waals surface area contributed by atoms with Gasteiger partial charge in [0.25, 0.3) is 0 Å². The Hall–Kier alpha value is -1.06. The summed E-state index contributed by atoms with van der Waals surface area (Å²) in [6.45, 7) is 6.01. The Balaban J connectivity index is 0.00000784. The van der Waals surface area contributed by atoms with Gasteiger partial charge in [-0.15, -0.1) is 24.0 Å². The molecule has 0 saturated carbocycles. The zero-order chi connectivity index (χ0) is 20.6. The highest BCUT2D eigenvalue weighted by molar-refractivity contribution is 14.0. The lowest BCUT2D eigenvalue weighted by molar-refractivity contribution is 0.145. The monoisotopic (exact) mass is 520 g/mol. The maximum Gasteiger partial charge on any atom is 0.191 e. The van der Waals surface area contributed by atoms with Crippen LogP contribution in [0.3, 0.4) is 0 Å². The number of benzene rings is 1. The first-order valence-electron chi connectivity index (χ1n) is 10.4. The smallest absolute Gasteiger partial charge is 0.191 e. The SMILES string of the molecule is CN=C(NCCCCCCCN(C)C)NCc1ccc(C)cc1OCCOC.I. The number of unbranched alkanes of at least 4 members (excludes halogenated alkanes) is 4. The number of aryl methyl sites for hydroxylation is 1. The van der Waals surface area contributed by atoms with Crippen molar-refractivity contribution in [3.8, 4) is 5.75 Å². The Morgan fingerprint density at radius 3 is 2.45 bits per heavy atom. The molecule has 0 aliphatic carbocycles. The van der Waals surface area contributed by atoms with E-state index in [4.69, 9.17) is 9.47 Å². The highest BCUT2D eigenvalue weighted by Gasteiger charge is 2.06. The van der Waals surface area contributed by atoms with Crippen LogP contribution in [0.5, 0.6) is 5.75 Å². The van der Waals surface area contributed by atoms with Gasteiger partial charge in [0, 0.05) is 32.8 Å². The van der Waals surface area contributed by atoms with Crippen molar-refractivity contribution in [3.63, 3.8) is 0 Å². The third kappa shape index (κ3) is 13.7. The fourth-order valence-corrected chi connectivity index (χ4v) is 2.87. The average molecular weight is 521 g/mol. The fraction of sp³-hybridized carbons (Fsp3) is 0.682. The number of methoxy groups -OCH3 is 1. The Labute approximate surface area is 194 Å². The molecule has 0 fully saturated rings. The predicted octanol–water partition coefficient (Wildman–Crippen LogP) is 3.82. The number of rotatable bonds is 14. The van der Waals surface area contributed by atoms with E-state index in [0.717, 1.165) is 23.8 Å². The van der Waals surface area contributed by atoms with Crippen molar-refractivity contribution in [1.82, 2.24) is 15.5 Å². The largest absolute Gasteiger partial charge is 0.491 e. The lowest BCUT2D eigenvalue weighted by atomic mass is 10.1. The van der Waals surface area contributed by atoms with E-state index in [9.17, 15) is 0 Å². The number of guanidine groups is 1. The molecule has 0 saturated heterocycles. The molecule has 2 N–H and O–H groups in total. The lowest BCUT2D eigenvalue weighted by Gasteiger charge is -2.15. The van der Waals surface area contributed by atoms with Gasteiger partial charge in [0.1, 0.15) is 12.4 Å². The van der Waals surface area contributed by atoms with Crippen molar-refractivity contribution < 1.29 is 9.47 Å². The Kier molecular flexibility index (Phi) is 17.1. The van der Waals surface area contributed by atoms with E-state index in [1.165, 1.54) is 44.2 Å². The number of halogens is 1. The maximum absolute atomic E-state index is 5.86. The van der Waals surface area contributed by atoms with Gasteiger partial charge in [-0.05, 0) is 52.0 Å². The summed E-state index contributed by atoms with van der Waals surface area (Å²) in [5, 5.41) is 6.78. The van der Waals surface area contributed by atoms with Gasteiger partial charge in [0.2, 0.25) is 0 Å². The summed E-state index contributed by atoms with van der Waals surface area (Å²) in [4.78, 5) is 6.57. The summed E-state index contributed by atoms with van der Waals surface area (Å²) in [5.74, 6) is 1.73. The van der Waals surface area contributed by atoms with Crippen molar-refractivity contribution in [1.29, 1.82) is 0 Å². The van der Waals surface area contributed by atoms with Crippen molar-refractivity contribution in [2.75, 3.05) is 54.6 Å². The van der Waals surface area contributed by atoms with Crippen LogP contribution in [-0.4, -0.2) is 65.4 Å². The van der Waals surface area contributed by atoms with E-state index < -0.39 is 0 Å². The van der Waals surface area contributed by atoms with Crippen LogP contribution in [-0.2, 0) is 11.3 Å². The second kappa shape index (κ2) is 17.8. The normalized spacial score (nSPS) is 11.3. The molecule has 0 amide bonds. The first-order valence-corrected chi connectivity index (χ1v) is 10.4. The molecule has 0 atom stereocenters. The first-order chi connectivity index (χ1) is 13.6. The molecular formula is C22H41IN4O2. The van der Waals surface area contributed by atoms with Crippen LogP contribution in [0.15, 0.2) is 23.2 Å². The minimum absolute atomic E-state index is 0. The highest BCUT2D eigenvalue weighted by Crippen LogP contribution is 2.20. The molecular weight excluding hydrogens is 479 g/mol. The summed E-state index contributed by atoms with van der Waals surface area (Å²) in [5.41, 5.74) is 2.30. The van der Waals surface area contributed by atoms with Gasteiger partial charge in [-0.1, -0.05) is 31.4 Å². The second-order valence-corrected chi connectivity index (χ2v) is 7.38. The summed E-state index contributed by atoms with van der Waals surface area (Å²) >= 11 is 0. The summed E-state index contributed by atoms with van der Waals surface area (Å²) in [6, 6.07) is 6.28. The molecule has 1 aromatic rings. The molecule has 1 rings (SSSR count). The first kappa shape index (κ1) is 27.9. The molecule has 0 bridgehead atoms. The zero-order valence-corrected chi connectivity index (χ0v) is 21.3. The molecule has 7 heteroatoms. The van der Waals surface area contributed by atoms with Crippen LogP contribution >= 0.6 is 24.0 Å². The van der Waals surface area contributed by atoms with E-state index in [1.54, 1.807) is 7.11 Å². The molecule has 0 spiro atoms. The lowest BCUT2D eigenvalue weighted by Crippen LogP contribution is -2.37. The molecule has 0 aliphatic heterocycles. The van der Waals surface area contributed by atoms with Crippen molar-refractivity contribution >= 4 is 29.9 Å². The third-order valence-electron chi connectivity index (χ3n) is 4.51. The van der Waals surface area contributed by atoms with Gasteiger partial charge in [0.05, 0.1) is 6.61 Å². The molecule has 0 aromatic heterocycles. The number of aliphatic imine (C=N–C) groups is 1. The minimum Gasteiger partial charge on any atom is -0.491 e. The number of nitrogens with one attached hydrogen (secondary N) is 2. The van der Waals surface area contributed by atoms with Gasteiger partial charge in [-0.25, -0.2) is 0 Å². The van der Waals surface area contributed by atoms with Crippen LogP contribution in [0, 0.1) is 6.92 Å². The van der Waals surface area contributed by atoms with Gasteiger partial charge in [-0.2, -0.15) is 0 Å². The van der Waals surface area contributed by atoms with Gasteiger partial charge >= 0.3 is 0 Å². The van der Waals surface area contributed by atoms with Crippen LogP contribution in [0.1, 0.15) is 43.2 Å². The molecule has 6 nitrogen and oxygen atoms in total. The quantitative estimate of drug-likeness (QED) is 0.169.